The third-order valence-electron chi connectivity index (χ3n) is 10.8. The Labute approximate surface area is 323 Å². The van der Waals surface area contributed by atoms with Gasteiger partial charge in [0.05, 0.1) is 40.1 Å². The maximum atomic E-state index is 15.4. The fraction of sp³-hybridized carbons (Fsp3) is 0. The molecule has 0 saturated carbocycles. The zero-order valence-corrected chi connectivity index (χ0v) is 30.1. The fourth-order valence-electron chi connectivity index (χ4n) is 8.29. The second-order valence-corrected chi connectivity index (χ2v) is 13.8. The molecule has 0 fully saturated rings. The minimum atomic E-state index is -0.396. The lowest BCUT2D eigenvalue weighted by Gasteiger charge is -2.24. The molecule has 0 unspecified atom stereocenters. The molecular formula is C51H31N3O2. The largest absolute Gasteiger partial charge is 0.308 e. The number of fused-ring (bicyclic) bond motifs is 4. The lowest BCUT2D eigenvalue weighted by molar-refractivity contribution is 0.0926. The van der Waals surface area contributed by atoms with Crippen LogP contribution in [0.5, 0.6) is 0 Å². The first-order valence-electron chi connectivity index (χ1n) is 18.5. The first kappa shape index (κ1) is 32.8. The summed E-state index contributed by atoms with van der Waals surface area (Å²) in [6.07, 6.45) is 0. The van der Waals surface area contributed by atoms with Crippen LogP contribution in [0.2, 0.25) is 0 Å². The summed E-state index contributed by atoms with van der Waals surface area (Å²) in [6.45, 7) is 7.97. The number of anilines is 1. The summed E-state index contributed by atoms with van der Waals surface area (Å²) in [6, 6.07) is 61.6. The van der Waals surface area contributed by atoms with Crippen LogP contribution in [0.4, 0.5) is 11.4 Å². The van der Waals surface area contributed by atoms with Gasteiger partial charge in [-0.25, -0.2) is 9.74 Å². The maximum Gasteiger partial charge on any atom is 0.268 e. The molecule has 1 aliphatic rings. The molecule has 0 radical (unpaired) electrons. The summed E-state index contributed by atoms with van der Waals surface area (Å²) in [5.41, 5.74) is 11.1. The van der Waals surface area contributed by atoms with Gasteiger partial charge in [0.1, 0.15) is 0 Å². The van der Waals surface area contributed by atoms with Gasteiger partial charge >= 0.3 is 0 Å². The van der Waals surface area contributed by atoms with Crippen molar-refractivity contribution in [2.45, 2.75) is 0 Å². The van der Waals surface area contributed by atoms with E-state index in [1.165, 1.54) is 4.90 Å². The van der Waals surface area contributed by atoms with Crippen molar-refractivity contribution in [3.8, 4) is 50.2 Å². The number of nitrogens with zero attached hydrogens (tertiary/aromatic N) is 3. The van der Waals surface area contributed by atoms with Crippen molar-refractivity contribution in [2.75, 3.05) is 4.90 Å². The standard InChI is InChI=1S/C51H31N3O2/c1-52-44-28-13-11-23-37(44)39-25-15-26-40-38-24-12-14-29-45(38)53(48(39)40)46-30-16-27-41-47(46)51(56)54(50(41)55)49-42(34-19-7-3-8-20-34)31-36(33-17-5-2-6-18-33)32-43(49)35-21-9-4-10-22-35/h2-32H. The van der Waals surface area contributed by atoms with Crippen molar-refractivity contribution in [2.24, 2.45) is 0 Å². The van der Waals surface area contributed by atoms with E-state index in [1.54, 1.807) is 6.07 Å². The predicted molar refractivity (Wildman–Crippen MR) is 226 cm³/mol. The fourth-order valence-corrected chi connectivity index (χ4v) is 8.29. The van der Waals surface area contributed by atoms with Crippen molar-refractivity contribution in [3.63, 3.8) is 0 Å². The summed E-state index contributed by atoms with van der Waals surface area (Å²) in [7, 11) is 0. The van der Waals surface area contributed by atoms with E-state index in [9.17, 15) is 0 Å². The highest BCUT2D eigenvalue weighted by Crippen LogP contribution is 2.48. The smallest absolute Gasteiger partial charge is 0.268 e. The van der Waals surface area contributed by atoms with E-state index in [4.69, 9.17) is 6.57 Å². The number of amides is 2. The van der Waals surface area contributed by atoms with Gasteiger partial charge in [0.25, 0.3) is 11.8 Å². The van der Waals surface area contributed by atoms with Crippen LogP contribution in [-0.2, 0) is 0 Å². The Bertz CT molecular complexity index is 3010. The normalized spacial score (nSPS) is 12.3. The average molecular weight is 718 g/mol. The first-order valence-corrected chi connectivity index (χ1v) is 18.5. The van der Waals surface area contributed by atoms with E-state index in [1.807, 2.05) is 146 Å². The molecule has 0 aliphatic carbocycles. The molecule has 0 bridgehead atoms. The van der Waals surface area contributed by atoms with Crippen LogP contribution in [0, 0.1) is 6.57 Å². The second kappa shape index (κ2) is 13.2. The maximum absolute atomic E-state index is 15.4. The molecule has 2 amide bonds. The Morgan fingerprint density at radius 3 is 1.64 bits per heavy atom. The number of rotatable bonds is 6. The Balaban J connectivity index is 1.25. The zero-order valence-electron chi connectivity index (χ0n) is 30.1. The highest BCUT2D eigenvalue weighted by atomic mass is 16.2. The van der Waals surface area contributed by atoms with E-state index in [0.29, 0.717) is 28.2 Å². The SMILES string of the molecule is [C-]#[N+]c1ccccc1-c1cccc2c3ccccc3n(-c3cccc4c3C(=O)N(c3c(-c5ccccc5)cc(-c5ccccc5)cc3-c3ccccc3)C4=O)c12. The lowest BCUT2D eigenvalue weighted by Crippen LogP contribution is -2.30. The summed E-state index contributed by atoms with van der Waals surface area (Å²) in [5.74, 6) is -0.777. The zero-order chi connectivity index (χ0) is 37.8. The number of imide groups is 1. The predicted octanol–water partition coefficient (Wildman–Crippen LogP) is 12.8. The number of carbonyl (C=O) groups excluding carboxylic acids is 2. The number of carbonyl (C=O) groups is 2. The number of aromatic nitrogens is 1. The van der Waals surface area contributed by atoms with Gasteiger partial charge in [0.2, 0.25) is 0 Å². The molecule has 1 aromatic heterocycles. The monoisotopic (exact) mass is 717 g/mol. The van der Waals surface area contributed by atoms with Crippen LogP contribution < -0.4 is 4.90 Å². The third-order valence-corrected chi connectivity index (χ3v) is 10.8. The minimum Gasteiger partial charge on any atom is -0.308 e. The van der Waals surface area contributed by atoms with Crippen molar-refractivity contribution in [1.29, 1.82) is 0 Å². The lowest BCUT2D eigenvalue weighted by atomic mass is 9.90. The summed E-state index contributed by atoms with van der Waals surface area (Å²) in [4.78, 5) is 35.7. The van der Waals surface area contributed by atoms with Crippen LogP contribution in [0.1, 0.15) is 20.7 Å². The average Bonchev–Trinajstić information content (AvgIpc) is 3.74. The highest BCUT2D eigenvalue weighted by molar-refractivity contribution is 6.37. The molecule has 1 aliphatic heterocycles. The topological polar surface area (TPSA) is 46.7 Å². The first-order chi connectivity index (χ1) is 27.6. The van der Waals surface area contributed by atoms with Gasteiger partial charge < -0.3 is 4.57 Å². The molecule has 0 atom stereocenters. The summed E-state index contributed by atoms with van der Waals surface area (Å²) < 4.78 is 2.10. The van der Waals surface area contributed by atoms with Gasteiger partial charge in [0, 0.05) is 21.9 Å². The molecular weight excluding hydrogens is 687 g/mol. The van der Waals surface area contributed by atoms with Crippen LogP contribution in [0.3, 0.4) is 0 Å². The number of benzene rings is 8. The van der Waals surface area contributed by atoms with E-state index in [2.05, 4.69) is 45.8 Å². The van der Waals surface area contributed by atoms with E-state index in [-0.39, 0.29) is 5.91 Å². The molecule has 0 spiro atoms. The van der Waals surface area contributed by atoms with Crippen LogP contribution in [-0.4, -0.2) is 16.4 Å². The van der Waals surface area contributed by atoms with Crippen LogP contribution in [0.15, 0.2) is 188 Å². The van der Waals surface area contributed by atoms with Gasteiger partial charge in [-0.1, -0.05) is 158 Å². The molecule has 0 saturated heterocycles. The summed E-state index contributed by atoms with van der Waals surface area (Å²) >= 11 is 0. The van der Waals surface area contributed by atoms with Gasteiger partial charge in [-0.2, -0.15) is 0 Å². The third kappa shape index (κ3) is 5.09. The van der Waals surface area contributed by atoms with E-state index >= 15 is 9.59 Å². The Morgan fingerprint density at radius 2 is 0.964 bits per heavy atom. The van der Waals surface area contributed by atoms with E-state index < -0.39 is 5.91 Å². The Hall–Kier alpha value is -7.81. The van der Waals surface area contributed by atoms with Crippen LogP contribution in [0.25, 0.3) is 76.8 Å². The molecule has 0 N–H and O–H groups in total. The molecule has 56 heavy (non-hydrogen) atoms. The van der Waals surface area contributed by atoms with Gasteiger partial charge in [-0.05, 0) is 63.7 Å². The quantitative estimate of drug-likeness (QED) is 0.127. The molecule has 262 valence electrons. The van der Waals surface area contributed by atoms with Gasteiger partial charge in [0.15, 0.2) is 5.69 Å². The second-order valence-electron chi connectivity index (χ2n) is 13.8. The van der Waals surface area contributed by atoms with Crippen molar-refractivity contribution in [3.05, 3.63) is 211 Å². The number of hydrogen-bond acceptors (Lipinski definition) is 2. The summed E-state index contributed by atoms with van der Waals surface area (Å²) in [5, 5.41) is 1.99. The van der Waals surface area contributed by atoms with E-state index in [0.717, 1.165) is 66.3 Å². The Morgan fingerprint density at radius 1 is 0.429 bits per heavy atom. The molecule has 9 aromatic rings. The van der Waals surface area contributed by atoms with Crippen LogP contribution >= 0.6 is 0 Å². The van der Waals surface area contributed by atoms with Gasteiger partial charge in [-0.3, -0.25) is 9.59 Å². The van der Waals surface area contributed by atoms with Gasteiger partial charge in [-0.15, -0.1) is 0 Å². The molecule has 10 rings (SSSR count). The Kier molecular flexibility index (Phi) is 7.76. The number of para-hydroxylation sites is 3. The molecule has 8 aromatic carbocycles. The van der Waals surface area contributed by atoms with Crippen molar-refractivity contribution >= 4 is 45.0 Å². The molecule has 5 nitrogen and oxygen atoms in total. The minimum absolute atomic E-state index is 0.332. The van der Waals surface area contributed by atoms with Crippen molar-refractivity contribution in [1.82, 2.24) is 4.57 Å². The molecule has 2 heterocycles. The highest BCUT2D eigenvalue weighted by Gasteiger charge is 2.42. The van der Waals surface area contributed by atoms with Crippen molar-refractivity contribution < 1.29 is 9.59 Å². The molecule has 5 heteroatoms. The number of hydrogen-bond donors (Lipinski definition) is 0.